The molecule has 0 radical (unpaired) electrons. The van der Waals surface area contributed by atoms with E-state index in [1.165, 1.54) is 39.0 Å². The van der Waals surface area contributed by atoms with Gasteiger partial charge in [0.15, 0.2) is 0 Å². The van der Waals surface area contributed by atoms with Crippen LogP contribution in [0.2, 0.25) is 0 Å². The van der Waals surface area contributed by atoms with Crippen LogP contribution in [0.3, 0.4) is 0 Å². The molecule has 0 amide bonds. The molecule has 0 bridgehead atoms. The van der Waals surface area contributed by atoms with Crippen molar-refractivity contribution in [2.45, 2.75) is 25.8 Å². The minimum atomic E-state index is 0.806. The highest BCUT2D eigenvalue weighted by Crippen LogP contribution is 2.35. The third-order valence-corrected chi connectivity index (χ3v) is 4.76. The van der Waals surface area contributed by atoms with Gasteiger partial charge in [0, 0.05) is 25.7 Å². The summed E-state index contributed by atoms with van der Waals surface area (Å²) in [5.74, 6) is 2.65. The second-order valence-corrected chi connectivity index (χ2v) is 5.74. The van der Waals surface area contributed by atoms with E-state index in [1.807, 2.05) is 0 Å². The van der Waals surface area contributed by atoms with Crippen LogP contribution in [0.5, 0.6) is 0 Å². The molecular formula is C13H24N2O. The molecule has 3 heterocycles. The van der Waals surface area contributed by atoms with Crippen molar-refractivity contribution in [1.29, 1.82) is 0 Å². The Hall–Kier alpha value is -0.120. The Bertz CT molecular complexity index is 240. The number of ether oxygens (including phenoxy) is 1. The third kappa shape index (κ3) is 1.89. The maximum absolute atomic E-state index is 5.49. The molecule has 16 heavy (non-hydrogen) atoms. The van der Waals surface area contributed by atoms with Crippen molar-refractivity contribution >= 4 is 0 Å². The van der Waals surface area contributed by atoms with Gasteiger partial charge in [0.2, 0.25) is 0 Å². The number of fused-ring (bicyclic) bond motifs is 1. The van der Waals surface area contributed by atoms with Crippen molar-refractivity contribution in [1.82, 2.24) is 10.2 Å². The van der Waals surface area contributed by atoms with E-state index < -0.39 is 0 Å². The van der Waals surface area contributed by atoms with Crippen LogP contribution in [-0.2, 0) is 4.74 Å². The lowest BCUT2D eigenvalue weighted by Crippen LogP contribution is -2.38. The number of nitrogens with one attached hydrogen (secondary N) is 1. The normalized spacial score (nSPS) is 44.1. The average molecular weight is 224 g/mol. The van der Waals surface area contributed by atoms with Gasteiger partial charge in [-0.1, -0.05) is 6.92 Å². The molecule has 0 aromatic carbocycles. The van der Waals surface area contributed by atoms with Crippen molar-refractivity contribution in [3.05, 3.63) is 0 Å². The lowest BCUT2D eigenvalue weighted by atomic mass is 9.92. The Kier molecular flexibility index (Phi) is 3.18. The zero-order chi connectivity index (χ0) is 11.0. The predicted molar refractivity (Wildman–Crippen MR) is 64.4 cm³/mol. The summed E-state index contributed by atoms with van der Waals surface area (Å²) in [4.78, 5) is 2.76. The topological polar surface area (TPSA) is 24.5 Å². The van der Waals surface area contributed by atoms with Crippen LogP contribution in [0.1, 0.15) is 19.8 Å². The Balaban J connectivity index is 1.61. The fourth-order valence-corrected chi connectivity index (χ4v) is 3.94. The second kappa shape index (κ2) is 4.63. The molecule has 1 N–H and O–H groups in total. The smallest absolute Gasteiger partial charge is 0.0507 e. The van der Waals surface area contributed by atoms with Crippen LogP contribution in [-0.4, -0.2) is 50.3 Å². The summed E-state index contributed by atoms with van der Waals surface area (Å²) in [6.07, 6.45) is 2.59. The van der Waals surface area contributed by atoms with Gasteiger partial charge in [0.25, 0.3) is 0 Å². The maximum atomic E-state index is 5.49. The first-order valence-corrected chi connectivity index (χ1v) is 6.91. The van der Waals surface area contributed by atoms with E-state index >= 15 is 0 Å². The minimum Gasteiger partial charge on any atom is -0.381 e. The van der Waals surface area contributed by atoms with E-state index in [0.29, 0.717) is 0 Å². The van der Waals surface area contributed by atoms with E-state index in [1.54, 1.807) is 0 Å². The first-order valence-electron chi connectivity index (χ1n) is 6.91. The minimum absolute atomic E-state index is 0.806. The molecule has 0 saturated carbocycles. The van der Waals surface area contributed by atoms with Crippen LogP contribution in [0.4, 0.5) is 0 Å². The Morgan fingerprint density at radius 1 is 1.38 bits per heavy atom. The number of hydrogen-bond donors (Lipinski definition) is 1. The Labute approximate surface area is 98.5 Å². The Morgan fingerprint density at radius 3 is 3.06 bits per heavy atom. The number of rotatable bonds is 3. The first-order chi connectivity index (χ1) is 7.88. The molecule has 3 fully saturated rings. The summed E-state index contributed by atoms with van der Waals surface area (Å²) >= 11 is 0. The number of nitrogens with zero attached hydrogens (tertiary/aromatic N) is 1. The van der Waals surface area contributed by atoms with E-state index in [9.17, 15) is 0 Å². The fourth-order valence-electron chi connectivity index (χ4n) is 3.94. The van der Waals surface area contributed by atoms with Crippen LogP contribution < -0.4 is 5.32 Å². The molecule has 4 atom stereocenters. The molecule has 3 rings (SSSR count). The second-order valence-electron chi connectivity index (χ2n) is 5.74. The lowest BCUT2D eigenvalue weighted by Gasteiger charge is -2.28. The Morgan fingerprint density at radius 2 is 2.31 bits per heavy atom. The summed E-state index contributed by atoms with van der Waals surface area (Å²) < 4.78 is 5.49. The van der Waals surface area contributed by atoms with Gasteiger partial charge < -0.3 is 10.1 Å². The maximum Gasteiger partial charge on any atom is 0.0507 e. The summed E-state index contributed by atoms with van der Waals surface area (Å²) in [6, 6.07) is 0.834. The van der Waals surface area contributed by atoms with Crippen LogP contribution >= 0.6 is 0 Å². The zero-order valence-electron chi connectivity index (χ0n) is 10.3. The van der Waals surface area contributed by atoms with Gasteiger partial charge in [0.1, 0.15) is 0 Å². The van der Waals surface area contributed by atoms with E-state index in [2.05, 4.69) is 17.1 Å². The standard InChI is InChI=1S/C13H24N2O/c1-2-13-12-6-14-5-11(12)8-15(13)7-10-3-4-16-9-10/h10-14H,2-9H2,1H3. The molecule has 0 aliphatic carbocycles. The van der Waals surface area contributed by atoms with Gasteiger partial charge in [-0.25, -0.2) is 0 Å². The molecule has 3 heteroatoms. The molecule has 3 aliphatic rings. The van der Waals surface area contributed by atoms with Gasteiger partial charge in [0.05, 0.1) is 6.61 Å². The average Bonchev–Trinajstić information content (AvgIpc) is 2.93. The highest BCUT2D eigenvalue weighted by molar-refractivity contribution is 4.98. The lowest BCUT2D eigenvalue weighted by molar-refractivity contribution is 0.153. The van der Waals surface area contributed by atoms with E-state index in [-0.39, 0.29) is 0 Å². The van der Waals surface area contributed by atoms with E-state index in [0.717, 1.165) is 37.0 Å². The predicted octanol–water partition coefficient (Wildman–Crippen LogP) is 0.953. The molecule has 3 nitrogen and oxygen atoms in total. The van der Waals surface area contributed by atoms with Gasteiger partial charge in [-0.3, -0.25) is 4.90 Å². The fraction of sp³-hybridized carbons (Fsp3) is 1.00. The SMILES string of the molecule is CCC1C2CNCC2CN1CC1CCOC1. The molecule has 3 saturated heterocycles. The number of likely N-dealkylation sites (tertiary alicyclic amines) is 1. The summed E-state index contributed by atoms with van der Waals surface area (Å²) in [5, 5.41) is 3.55. The van der Waals surface area contributed by atoms with Gasteiger partial charge in [-0.15, -0.1) is 0 Å². The van der Waals surface area contributed by atoms with Gasteiger partial charge in [-0.05, 0) is 43.7 Å². The van der Waals surface area contributed by atoms with Crippen molar-refractivity contribution in [3.8, 4) is 0 Å². The van der Waals surface area contributed by atoms with Crippen LogP contribution in [0.25, 0.3) is 0 Å². The summed E-state index contributed by atoms with van der Waals surface area (Å²) in [6.45, 7) is 9.45. The number of hydrogen-bond acceptors (Lipinski definition) is 3. The largest absolute Gasteiger partial charge is 0.381 e. The van der Waals surface area contributed by atoms with E-state index in [4.69, 9.17) is 4.74 Å². The molecule has 0 aromatic rings. The van der Waals surface area contributed by atoms with Crippen molar-refractivity contribution in [3.63, 3.8) is 0 Å². The van der Waals surface area contributed by atoms with Crippen LogP contribution in [0, 0.1) is 17.8 Å². The molecule has 4 unspecified atom stereocenters. The highest BCUT2D eigenvalue weighted by atomic mass is 16.5. The highest BCUT2D eigenvalue weighted by Gasteiger charge is 2.43. The summed E-state index contributed by atoms with van der Waals surface area (Å²) in [7, 11) is 0. The van der Waals surface area contributed by atoms with Crippen molar-refractivity contribution in [2.75, 3.05) is 39.4 Å². The molecule has 92 valence electrons. The van der Waals surface area contributed by atoms with Gasteiger partial charge >= 0.3 is 0 Å². The molecule has 3 aliphatic heterocycles. The molecule has 0 spiro atoms. The molecule has 0 aromatic heterocycles. The monoisotopic (exact) mass is 224 g/mol. The van der Waals surface area contributed by atoms with Crippen molar-refractivity contribution < 1.29 is 4.74 Å². The van der Waals surface area contributed by atoms with Gasteiger partial charge in [-0.2, -0.15) is 0 Å². The summed E-state index contributed by atoms with van der Waals surface area (Å²) in [5.41, 5.74) is 0. The first kappa shape index (κ1) is 11.0. The molecular weight excluding hydrogens is 200 g/mol. The van der Waals surface area contributed by atoms with Crippen LogP contribution in [0.15, 0.2) is 0 Å². The third-order valence-electron chi connectivity index (χ3n) is 4.76. The van der Waals surface area contributed by atoms with Crippen molar-refractivity contribution in [2.24, 2.45) is 17.8 Å². The zero-order valence-corrected chi connectivity index (χ0v) is 10.3. The quantitative estimate of drug-likeness (QED) is 0.772.